The SMILES string of the molecule is CC(C(=O)N1CCN(C)C(=O)C1(C)C)=C1CNC1. The monoisotopic (exact) mass is 251 g/mol. The molecule has 5 heteroatoms. The van der Waals surface area contributed by atoms with Gasteiger partial charge >= 0.3 is 0 Å². The molecule has 0 aromatic rings. The van der Waals surface area contributed by atoms with E-state index in [-0.39, 0.29) is 11.8 Å². The summed E-state index contributed by atoms with van der Waals surface area (Å²) in [5.74, 6) is 0.00424. The Morgan fingerprint density at radius 2 is 1.89 bits per heavy atom. The quantitative estimate of drug-likeness (QED) is 0.667. The van der Waals surface area contributed by atoms with Crippen LogP contribution < -0.4 is 5.32 Å². The van der Waals surface area contributed by atoms with Crippen LogP contribution in [-0.4, -0.2) is 60.4 Å². The van der Waals surface area contributed by atoms with Gasteiger partial charge < -0.3 is 15.1 Å². The number of nitrogens with one attached hydrogen (secondary N) is 1. The molecule has 0 aliphatic carbocycles. The third-order valence-corrected chi connectivity index (χ3v) is 3.98. The minimum Gasteiger partial charge on any atom is -0.342 e. The number of hydrogen-bond donors (Lipinski definition) is 1. The Morgan fingerprint density at radius 3 is 2.39 bits per heavy atom. The van der Waals surface area contributed by atoms with E-state index in [0.29, 0.717) is 13.1 Å². The molecule has 0 atom stereocenters. The zero-order chi connectivity index (χ0) is 13.5. The summed E-state index contributed by atoms with van der Waals surface area (Å²) in [5.41, 5.74) is 1.20. The van der Waals surface area contributed by atoms with E-state index in [2.05, 4.69) is 5.32 Å². The van der Waals surface area contributed by atoms with Crippen LogP contribution in [0.1, 0.15) is 20.8 Å². The molecule has 0 unspecified atom stereocenters. The lowest BCUT2D eigenvalue weighted by Gasteiger charge is -2.45. The summed E-state index contributed by atoms with van der Waals surface area (Å²) in [6, 6.07) is 0. The molecular formula is C13H21N3O2. The van der Waals surface area contributed by atoms with Gasteiger partial charge in [0, 0.05) is 38.8 Å². The summed E-state index contributed by atoms with van der Waals surface area (Å²) in [4.78, 5) is 28.0. The molecule has 5 nitrogen and oxygen atoms in total. The number of nitrogens with zero attached hydrogens (tertiary/aromatic N) is 2. The number of piperazine rings is 1. The van der Waals surface area contributed by atoms with Crippen molar-refractivity contribution in [3.05, 3.63) is 11.1 Å². The molecular weight excluding hydrogens is 230 g/mol. The first kappa shape index (κ1) is 13.1. The Labute approximate surface area is 108 Å². The van der Waals surface area contributed by atoms with Crippen LogP contribution in [-0.2, 0) is 9.59 Å². The Morgan fingerprint density at radius 1 is 1.28 bits per heavy atom. The van der Waals surface area contributed by atoms with Crippen molar-refractivity contribution >= 4 is 11.8 Å². The normalized spacial score (nSPS) is 22.9. The summed E-state index contributed by atoms with van der Waals surface area (Å²) < 4.78 is 0. The molecule has 0 bridgehead atoms. The Bertz CT molecular complexity index is 420. The van der Waals surface area contributed by atoms with Crippen molar-refractivity contribution in [1.82, 2.24) is 15.1 Å². The molecule has 2 rings (SSSR count). The molecule has 2 saturated heterocycles. The van der Waals surface area contributed by atoms with Crippen molar-refractivity contribution in [2.75, 3.05) is 33.2 Å². The van der Waals surface area contributed by atoms with E-state index in [9.17, 15) is 9.59 Å². The highest BCUT2D eigenvalue weighted by Gasteiger charge is 2.43. The average Bonchev–Trinajstić information content (AvgIpc) is 2.23. The first-order valence-corrected chi connectivity index (χ1v) is 6.32. The van der Waals surface area contributed by atoms with E-state index >= 15 is 0 Å². The molecule has 100 valence electrons. The zero-order valence-corrected chi connectivity index (χ0v) is 11.5. The van der Waals surface area contributed by atoms with Gasteiger partial charge in [-0.2, -0.15) is 0 Å². The lowest BCUT2D eigenvalue weighted by atomic mass is 9.95. The van der Waals surface area contributed by atoms with Crippen molar-refractivity contribution in [2.24, 2.45) is 0 Å². The second kappa shape index (κ2) is 4.39. The second-order valence-corrected chi connectivity index (χ2v) is 5.57. The topological polar surface area (TPSA) is 52.7 Å². The summed E-state index contributed by atoms with van der Waals surface area (Å²) >= 11 is 0. The van der Waals surface area contributed by atoms with E-state index < -0.39 is 5.54 Å². The third-order valence-electron chi connectivity index (χ3n) is 3.98. The van der Waals surface area contributed by atoms with Crippen LogP contribution in [0.2, 0.25) is 0 Å². The Kier molecular flexibility index (Phi) is 3.19. The maximum Gasteiger partial charge on any atom is 0.250 e. The van der Waals surface area contributed by atoms with E-state index in [1.807, 2.05) is 20.8 Å². The molecule has 2 aliphatic rings. The van der Waals surface area contributed by atoms with Gasteiger partial charge in [-0.25, -0.2) is 0 Å². The predicted octanol–water partition coefficient (Wildman–Crippen LogP) is -0.0147. The van der Waals surface area contributed by atoms with Gasteiger partial charge in [0.05, 0.1) is 0 Å². The number of likely N-dealkylation sites (N-methyl/N-ethyl adjacent to an activating group) is 1. The van der Waals surface area contributed by atoms with Crippen LogP contribution in [0, 0.1) is 0 Å². The number of hydrogen-bond acceptors (Lipinski definition) is 3. The number of amides is 2. The van der Waals surface area contributed by atoms with Gasteiger partial charge in [-0.1, -0.05) is 0 Å². The molecule has 0 radical (unpaired) electrons. The van der Waals surface area contributed by atoms with Gasteiger partial charge in [-0.3, -0.25) is 9.59 Å². The van der Waals surface area contributed by atoms with Crippen LogP contribution in [0.25, 0.3) is 0 Å². The highest BCUT2D eigenvalue weighted by Crippen LogP contribution is 2.24. The van der Waals surface area contributed by atoms with Crippen molar-refractivity contribution in [1.29, 1.82) is 0 Å². The van der Waals surface area contributed by atoms with E-state index in [4.69, 9.17) is 0 Å². The highest BCUT2D eigenvalue weighted by atomic mass is 16.2. The number of rotatable bonds is 1. The summed E-state index contributed by atoms with van der Waals surface area (Å²) in [7, 11) is 1.78. The number of carbonyl (C=O) groups is 2. The fraction of sp³-hybridized carbons (Fsp3) is 0.692. The molecule has 0 spiro atoms. The standard InChI is InChI=1S/C13H21N3O2/c1-9(10-7-14-8-10)11(17)16-6-5-15(4)12(18)13(16,2)3/h14H,5-8H2,1-4H3. The van der Waals surface area contributed by atoms with Crippen molar-refractivity contribution in [3.8, 4) is 0 Å². The van der Waals surface area contributed by atoms with E-state index in [0.717, 1.165) is 24.2 Å². The van der Waals surface area contributed by atoms with Crippen molar-refractivity contribution in [2.45, 2.75) is 26.3 Å². The van der Waals surface area contributed by atoms with Gasteiger partial charge in [0.25, 0.3) is 0 Å². The summed E-state index contributed by atoms with van der Waals surface area (Å²) in [5, 5.41) is 3.13. The zero-order valence-electron chi connectivity index (χ0n) is 11.5. The average molecular weight is 251 g/mol. The fourth-order valence-electron chi connectivity index (χ4n) is 2.44. The van der Waals surface area contributed by atoms with Gasteiger partial charge in [0.15, 0.2) is 0 Å². The number of carbonyl (C=O) groups excluding carboxylic acids is 2. The molecule has 2 heterocycles. The van der Waals surface area contributed by atoms with Gasteiger partial charge in [0.2, 0.25) is 11.8 Å². The maximum atomic E-state index is 12.5. The molecule has 0 aromatic heterocycles. The van der Waals surface area contributed by atoms with Gasteiger partial charge in [-0.15, -0.1) is 0 Å². The van der Waals surface area contributed by atoms with Gasteiger partial charge in [0.1, 0.15) is 5.54 Å². The molecule has 18 heavy (non-hydrogen) atoms. The molecule has 2 amide bonds. The molecule has 1 N–H and O–H groups in total. The minimum atomic E-state index is -0.747. The lowest BCUT2D eigenvalue weighted by Crippen LogP contribution is -2.64. The maximum absolute atomic E-state index is 12.5. The molecule has 0 saturated carbocycles. The van der Waals surface area contributed by atoms with Crippen LogP contribution in [0.15, 0.2) is 11.1 Å². The van der Waals surface area contributed by atoms with Crippen molar-refractivity contribution in [3.63, 3.8) is 0 Å². The largest absolute Gasteiger partial charge is 0.342 e. The molecule has 2 fully saturated rings. The van der Waals surface area contributed by atoms with E-state index in [1.165, 1.54) is 0 Å². The van der Waals surface area contributed by atoms with E-state index in [1.54, 1.807) is 16.8 Å². The van der Waals surface area contributed by atoms with Crippen LogP contribution >= 0.6 is 0 Å². The van der Waals surface area contributed by atoms with Gasteiger partial charge in [-0.05, 0) is 26.3 Å². The first-order chi connectivity index (χ1) is 8.35. The highest BCUT2D eigenvalue weighted by molar-refractivity contribution is 5.99. The smallest absolute Gasteiger partial charge is 0.250 e. The van der Waals surface area contributed by atoms with Crippen molar-refractivity contribution < 1.29 is 9.59 Å². The first-order valence-electron chi connectivity index (χ1n) is 6.32. The molecule has 0 aromatic carbocycles. The molecule has 2 aliphatic heterocycles. The summed E-state index contributed by atoms with van der Waals surface area (Å²) in [6.45, 7) is 8.29. The van der Waals surface area contributed by atoms with Crippen LogP contribution in [0.3, 0.4) is 0 Å². The van der Waals surface area contributed by atoms with Crippen LogP contribution in [0.4, 0.5) is 0 Å². The predicted molar refractivity (Wildman–Crippen MR) is 69.0 cm³/mol. The second-order valence-electron chi connectivity index (χ2n) is 5.57. The van der Waals surface area contributed by atoms with Crippen LogP contribution in [0.5, 0.6) is 0 Å². The Hall–Kier alpha value is -1.36. The Balaban J connectivity index is 2.23. The summed E-state index contributed by atoms with van der Waals surface area (Å²) in [6.07, 6.45) is 0. The fourth-order valence-corrected chi connectivity index (χ4v) is 2.44. The lowest BCUT2D eigenvalue weighted by molar-refractivity contribution is -0.155. The third kappa shape index (κ3) is 1.92. The minimum absolute atomic E-state index is 0.00190.